The lowest BCUT2D eigenvalue weighted by Crippen LogP contribution is -2.33. The van der Waals surface area contributed by atoms with Crippen molar-refractivity contribution in [2.75, 3.05) is 13.2 Å². The molecule has 1 aliphatic rings. The molecule has 4 heteroatoms. The van der Waals surface area contributed by atoms with Crippen molar-refractivity contribution >= 4 is 5.91 Å². The van der Waals surface area contributed by atoms with Crippen LogP contribution in [0.4, 0.5) is 0 Å². The van der Waals surface area contributed by atoms with Crippen molar-refractivity contribution in [3.63, 3.8) is 0 Å². The average Bonchev–Trinajstić information content (AvgIpc) is 2.98. The highest BCUT2D eigenvalue weighted by atomic mass is 16.3. The van der Waals surface area contributed by atoms with Crippen LogP contribution in [0.2, 0.25) is 0 Å². The van der Waals surface area contributed by atoms with Crippen LogP contribution in [-0.4, -0.2) is 28.7 Å². The molecule has 1 fully saturated rings. The van der Waals surface area contributed by atoms with E-state index in [0.717, 1.165) is 25.8 Å². The van der Waals surface area contributed by atoms with Crippen molar-refractivity contribution in [3.05, 3.63) is 24.0 Å². The Kier molecular flexibility index (Phi) is 3.52. The maximum Gasteiger partial charge on any atom is 0.267 e. The summed E-state index contributed by atoms with van der Waals surface area (Å²) in [5.74, 6) is -0.0387. The number of aryl methyl sites for hydroxylation is 1. The van der Waals surface area contributed by atoms with E-state index in [-0.39, 0.29) is 17.9 Å². The van der Waals surface area contributed by atoms with Gasteiger partial charge in [-0.15, -0.1) is 0 Å². The summed E-state index contributed by atoms with van der Waals surface area (Å²) < 4.78 is 1.97. The van der Waals surface area contributed by atoms with Crippen LogP contribution in [-0.2, 0) is 6.54 Å². The van der Waals surface area contributed by atoms with Crippen molar-refractivity contribution in [1.29, 1.82) is 0 Å². The monoisotopic (exact) mass is 236 g/mol. The van der Waals surface area contributed by atoms with Gasteiger partial charge in [0.25, 0.3) is 5.91 Å². The second-order valence-electron chi connectivity index (χ2n) is 4.93. The van der Waals surface area contributed by atoms with Crippen molar-refractivity contribution < 1.29 is 9.90 Å². The predicted octanol–water partition coefficient (Wildman–Crippen LogP) is 1.40. The Morgan fingerprint density at radius 3 is 2.94 bits per heavy atom. The van der Waals surface area contributed by atoms with Crippen molar-refractivity contribution in [2.45, 2.75) is 32.7 Å². The van der Waals surface area contributed by atoms with Crippen LogP contribution in [0.5, 0.6) is 0 Å². The minimum Gasteiger partial charge on any atom is -0.396 e. The number of nitrogens with one attached hydrogen (secondary N) is 1. The third kappa shape index (κ3) is 2.69. The van der Waals surface area contributed by atoms with Gasteiger partial charge in [-0.25, -0.2) is 0 Å². The second-order valence-corrected chi connectivity index (χ2v) is 4.93. The quantitative estimate of drug-likeness (QED) is 0.784. The normalized spacial score (nSPS) is 16.8. The highest BCUT2D eigenvalue weighted by Gasteiger charge is 2.42. The van der Waals surface area contributed by atoms with Crippen LogP contribution in [0.3, 0.4) is 0 Å². The highest BCUT2D eigenvalue weighted by Crippen LogP contribution is 2.44. The Hall–Kier alpha value is -1.29. The first-order valence-corrected chi connectivity index (χ1v) is 6.25. The van der Waals surface area contributed by atoms with Crippen LogP contribution >= 0.6 is 0 Å². The van der Waals surface area contributed by atoms with E-state index in [1.54, 1.807) is 0 Å². The number of aliphatic hydroxyl groups is 1. The van der Waals surface area contributed by atoms with Crippen LogP contribution in [0.1, 0.15) is 36.7 Å². The molecule has 0 spiro atoms. The molecule has 1 heterocycles. The maximum absolute atomic E-state index is 12.0. The van der Waals surface area contributed by atoms with Gasteiger partial charge in [-0.05, 0) is 31.4 Å². The Morgan fingerprint density at radius 2 is 2.35 bits per heavy atom. The van der Waals surface area contributed by atoms with E-state index < -0.39 is 0 Å². The Bertz CT molecular complexity index is 394. The summed E-state index contributed by atoms with van der Waals surface area (Å²) in [6.45, 7) is 3.70. The zero-order valence-corrected chi connectivity index (χ0v) is 10.3. The van der Waals surface area contributed by atoms with Crippen LogP contribution < -0.4 is 5.32 Å². The number of hydrogen-bond acceptors (Lipinski definition) is 2. The molecule has 0 saturated heterocycles. The van der Waals surface area contributed by atoms with E-state index in [1.807, 2.05) is 22.9 Å². The van der Waals surface area contributed by atoms with Gasteiger partial charge in [0.1, 0.15) is 5.69 Å². The average molecular weight is 236 g/mol. The van der Waals surface area contributed by atoms with E-state index in [0.29, 0.717) is 12.2 Å². The lowest BCUT2D eigenvalue weighted by Gasteiger charge is -2.13. The summed E-state index contributed by atoms with van der Waals surface area (Å²) in [6, 6.07) is 3.73. The lowest BCUT2D eigenvalue weighted by atomic mass is 10.1. The number of carbonyl (C=O) groups is 1. The molecule has 0 atom stereocenters. The molecule has 2 N–H and O–H groups in total. The first-order valence-electron chi connectivity index (χ1n) is 6.25. The van der Waals surface area contributed by atoms with Crippen LogP contribution in [0.25, 0.3) is 0 Å². The van der Waals surface area contributed by atoms with Crippen LogP contribution in [0.15, 0.2) is 18.3 Å². The minimum atomic E-state index is -0.0387. The topological polar surface area (TPSA) is 54.3 Å². The third-order valence-electron chi connectivity index (χ3n) is 3.44. The molecule has 0 unspecified atom stereocenters. The van der Waals surface area contributed by atoms with E-state index in [1.165, 1.54) is 0 Å². The van der Waals surface area contributed by atoms with Crippen LogP contribution in [0, 0.1) is 5.41 Å². The van der Waals surface area contributed by atoms with E-state index in [9.17, 15) is 9.90 Å². The second kappa shape index (κ2) is 4.92. The highest BCUT2D eigenvalue weighted by molar-refractivity contribution is 5.92. The Morgan fingerprint density at radius 1 is 1.59 bits per heavy atom. The van der Waals surface area contributed by atoms with E-state index >= 15 is 0 Å². The zero-order valence-electron chi connectivity index (χ0n) is 10.3. The Labute approximate surface area is 102 Å². The molecule has 2 rings (SSSR count). The van der Waals surface area contributed by atoms with E-state index in [2.05, 4.69) is 12.2 Å². The number of carbonyl (C=O) groups excluding carboxylic acids is 1. The molecule has 1 saturated carbocycles. The number of amides is 1. The largest absolute Gasteiger partial charge is 0.396 e. The predicted molar refractivity (Wildman–Crippen MR) is 65.8 cm³/mol. The number of aromatic nitrogens is 1. The summed E-state index contributed by atoms with van der Waals surface area (Å²) in [6.07, 6.45) is 4.96. The summed E-state index contributed by atoms with van der Waals surface area (Å²) >= 11 is 0. The standard InChI is InChI=1S/C13H20N2O2/c1-2-7-15-8-3-4-11(15)12(17)14-9-13(10-16)5-6-13/h3-4,8,16H,2,5-7,9-10H2,1H3,(H,14,17). The fourth-order valence-corrected chi connectivity index (χ4v) is 1.98. The fraction of sp³-hybridized carbons (Fsp3) is 0.615. The molecule has 4 nitrogen and oxygen atoms in total. The molecule has 1 aromatic rings. The molecule has 0 aliphatic heterocycles. The van der Waals surface area contributed by atoms with Gasteiger partial charge in [-0.3, -0.25) is 4.79 Å². The van der Waals surface area contributed by atoms with Gasteiger partial charge < -0.3 is 15.0 Å². The smallest absolute Gasteiger partial charge is 0.267 e. The SMILES string of the molecule is CCCn1cccc1C(=O)NCC1(CO)CC1. The van der Waals surface area contributed by atoms with Gasteiger partial charge in [-0.1, -0.05) is 6.92 Å². The van der Waals surface area contributed by atoms with Crippen molar-refractivity contribution in [1.82, 2.24) is 9.88 Å². The molecule has 94 valence electrons. The van der Waals surface area contributed by atoms with E-state index in [4.69, 9.17) is 0 Å². The number of aliphatic hydroxyl groups excluding tert-OH is 1. The summed E-state index contributed by atoms with van der Waals surface area (Å²) in [7, 11) is 0. The molecule has 0 radical (unpaired) electrons. The fourth-order valence-electron chi connectivity index (χ4n) is 1.98. The first kappa shape index (κ1) is 12.2. The van der Waals surface area contributed by atoms with Crippen molar-refractivity contribution in [3.8, 4) is 0 Å². The molecule has 17 heavy (non-hydrogen) atoms. The molecule has 0 bridgehead atoms. The zero-order chi connectivity index (χ0) is 12.3. The lowest BCUT2D eigenvalue weighted by molar-refractivity contribution is 0.0926. The third-order valence-corrected chi connectivity index (χ3v) is 3.44. The molecule has 1 aliphatic carbocycles. The number of rotatable bonds is 6. The molecule has 1 amide bonds. The summed E-state index contributed by atoms with van der Waals surface area (Å²) in [5.41, 5.74) is 0.679. The molecule has 0 aromatic carbocycles. The number of nitrogens with zero attached hydrogens (tertiary/aromatic N) is 1. The van der Waals surface area contributed by atoms with Gasteiger partial charge in [0.05, 0.1) is 6.61 Å². The molecular formula is C13H20N2O2. The molecule has 1 aromatic heterocycles. The van der Waals surface area contributed by atoms with Gasteiger partial charge >= 0.3 is 0 Å². The van der Waals surface area contributed by atoms with Gasteiger partial charge in [0.2, 0.25) is 0 Å². The summed E-state index contributed by atoms with van der Waals surface area (Å²) in [4.78, 5) is 12.0. The van der Waals surface area contributed by atoms with Crippen molar-refractivity contribution in [2.24, 2.45) is 5.41 Å². The van der Waals surface area contributed by atoms with Gasteiger partial charge in [0, 0.05) is 24.7 Å². The summed E-state index contributed by atoms with van der Waals surface area (Å²) in [5, 5.41) is 12.1. The van der Waals surface area contributed by atoms with Gasteiger partial charge in [0.15, 0.2) is 0 Å². The minimum absolute atomic E-state index is 0.0299. The molecular weight excluding hydrogens is 216 g/mol. The number of hydrogen-bond donors (Lipinski definition) is 2. The maximum atomic E-state index is 12.0. The first-order chi connectivity index (χ1) is 8.21. The van der Waals surface area contributed by atoms with Gasteiger partial charge in [-0.2, -0.15) is 0 Å². The Balaban J connectivity index is 1.92.